The third-order valence-electron chi connectivity index (χ3n) is 14.5. The molecular formula is C38H58O9. The Morgan fingerprint density at radius 2 is 1.81 bits per heavy atom. The monoisotopic (exact) mass is 658 g/mol. The second-order valence-corrected chi connectivity index (χ2v) is 16.6. The van der Waals surface area contributed by atoms with Crippen molar-refractivity contribution in [3.63, 3.8) is 0 Å². The van der Waals surface area contributed by atoms with Crippen molar-refractivity contribution in [1.29, 1.82) is 0 Å². The molecule has 3 aliphatic heterocycles. The Hall–Kier alpha value is -1.36. The summed E-state index contributed by atoms with van der Waals surface area (Å²) in [6.45, 7) is 8.88. The largest absolute Gasteiger partial charge is 0.458 e. The van der Waals surface area contributed by atoms with Crippen LogP contribution >= 0.6 is 0 Å². The first-order chi connectivity index (χ1) is 22.5. The van der Waals surface area contributed by atoms with Crippen LogP contribution in [0, 0.1) is 28.6 Å². The van der Waals surface area contributed by atoms with Crippen LogP contribution in [0.2, 0.25) is 0 Å². The van der Waals surface area contributed by atoms with Crippen molar-refractivity contribution >= 4 is 12.3 Å². The van der Waals surface area contributed by atoms with E-state index in [1.54, 1.807) is 6.08 Å². The lowest BCUT2D eigenvalue weighted by atomic mass is 9.41. The molecule has 0 bridgehead atoms. The first-order valence-corrected chi connectivity index (χ1v) is 18.9. The van der Waals surface area contributed by atoms with Gasteiger partial charge in [0.2, 0.25) is 0 Å². The van der Waals surface area contributed by atoms with E-state index in [0.717, 1.165) is 50.4 Å². The maximum Gasteiger partial charge on any atom is 0.331 e. The van der Waals surface area contributed by atoms with E-state index in [0.29, 0.717) is 51.6 Å². The highest BCUT2D eigenvalue weighted by Crippen LogP contribution is 2.70. The van der Waals surface area contributed by atoms with Gasteiger partial charge in [-0.15, -0.1) is 0 Å². The molecule has 13 atom stereocenters. The van der Waals surface area contributed by atoms with Gasteiger partial charge in [0.1, 0.15) is 19.0 Å². The van der Waals surface area contributed by atoms with Gasteiger partial charge < -0.3 is 38.7 Å². The third kappa shape index (κ3) is 5.31. The zero-order chi connectivity index (χ0) is 33.2. The molecule has 3 heterocycles. The number of hydrogen-bond acceptors (Lipinski definition) is 9. The average Bonchev–Trinajstić information content (AvgIpc) is 3.72. The average molecular weight is 659 g/mol. The van der Waals surface area contributed by atoms with Crippen LogP contribution in [0.3, 0.4) is 0 Å². The fourth-order valence-electron chi connectivity index (χ4n) is 11.9. The van der Waals surface area contributed by atoms with Crippen LogP contribution in [0.25, 0.3) is 0 Å². The second kappa shape index (κ2) is 12.4. The molecule has 9 nitrogen and oxygen atoms in total. The van der Waals surface area contributed by atoms with Crippen LogP contribution in [0.5, 0.6) is 0 Å². The number of rotatable bonds is 10. The van der Waals surface area contributed by atoms with Crippen LogP contribution in [-0.2, 0) is 33.3 Å². The van der Waals surface area contributed by atoms with Crippen LogP contribution in [0.4, 0.5) is 0 Å². The van der Waals surface area contributed by atoms with Gasteiger partial charge in [-0.1, -0.05) is 40.0 Å². The number of fused-ring (bicyclic) bond motifs is 6. The number of ether oxygens (including phenoxy) is 5. The molecule has 0 radical (unpaired) electrons. The Morgan fingerprint density at radius 3 is 2.53 bits per heavy atom. The summed E-state index contributed by atoms with van der Waals surface area (Å²) >= 11 is 0. The first-order valence-electron chi connectivity index (χ1n) is 18.9. The standard InChI is InChI=1S/C38H58O9/c1-5-7-8-9-14-37(6-2)46-30-20-32(44-24(3)33(30)47-37)45-26-10-16-35(23-39)28-11-15-34(4)27(25-19-31(40)43-22-25)13-18-38(34,42)29(28)12-17-36(35,41)21-26/h19,23-24,26-30,32-33,41-42H,5-18,20-22H2,1-4H3. The summed E-state index contributed by atoms with van der Waals surface area (Å²) in [6.07, 6.45) is 14.2. The molecule has 264 valence electrons. The highest BCUT2D eigenvalue weighted by Gasteiger charge is 2.71. The van der Waals surface area contributed by atoms with Crippen molar-refractivity contribution in [1.82, 2.24) is 0 Å². The molecule has 2 saturated heterocycles. The minimum atomic E-state index is -1.19. The molecule has 2 N–H and O–H groups in total. The van der Waals surface area contributed by atoms with Crippen molar-refractivity contribution in [2.24, 2.45) is 28.6 Å². The minimum absolute atomic E-state index is 0.0763. The predicted octanol–water partition coefficient (Wildman–Crippen LogP) is 5.92. The van der Waals surface area contributed by atoms with Gasteiger partial charge in [0.25, 0.3) is 0 Å². The topological polar surface area (TPSA) is 121 Å². The van der Waals surface area contributed by atoms with Crippen LogP contribution in [-0.4, -0.2) is 76.8 Å². The number of carbonyl (C=O) groups excluding carboxylic acids is 2. The zero-order valence-corrected chi connectivity index (χ0v) is 29.0. The molecular weight excluding hydrogens is 600 g/mol. The van der Waals surface area contributed by atoms with Crippen molar-refractivity contribution < 1.29 is 43.5 Å². The summed E-state index contributed by atoms with van der Waals surface area (Å²) in [6, 6.07) is 0. The molecule has 0 aromatic heterocycles. The first kappa shape index (κ1) is 34.1. The van der Waals surface area contributed by atoms with E-state index in [1.165, 1.54) is 19.3 Å². The van der Waals surface area contributed by atoms with Gasteiger partial charge in [-0.05, 0) is 94.5 Å². The normalized spacial score (nSPS) is 50.6. The van der Waals surface area contributed by atoms with Gasteiger partial charge in [0, 0.05) is 30.8 Å². The summed E-state index contributed by atoms with van der Waals surface area (Å²) in [5, 5.41) is 24.9. The Bertz CT molecular complexity index is 1240. The molecule has 4 aliphatic carbocycles. The van der Waals surface area contributed by atoms with E-state index in [2.05, 4.69) is 20.8 Å². The Labute approximate surface area is 280 Å². The molecule has 0 spiro atoms. The molecule has 4 saturated carbocycles. The molecule has 47 heavy (non-hydrogen) atoms. The quantitative estimate of drug-likeness (QED) is 0.128. The van der Waals surface area contributed by atoms with Gasteiger partial charge in [-0.25, -0.2) is 4.79 Å². The highest BCUT2D eigenvalue weighted by molar-refractivity contribution is 5.85. The Balaban J connectivity index is 1.02. The summed E-state index contributed by atoms with van der Waals surface area (Å²) in [5.74, 6) is -0.934. The van der Waals surface area contributed by atoms with Gasteiger partial charge in [-0.3, -0.25) is 0 Å². The molecule has 0 amide bonds. The summed E-state index contributed by atoms with van der Waals surface area (Å²) < 4.78 is 31.5. The smallest absolute Gasteiger partial charge is 0.331 e. The number of unbranched alkanes of at least 4 members (excludes halogenated alkanes) is 3. The van der Waals surface area contributed by atoms with Crippen LogP contribution in [0.1, 0.15) is 130 Å². The van der Waals surface area contributed by atoms with Crippen molar-refractivity contribution in [2.45, 2.75) is 178 Å². The lowest BCUT2D eigenvalue weighted by molar-refractivity contribution is -0.278. The second-order valence-electron chi connectivity index (χ2n) is 16.6. The number of aldehydes is 1. The molecule has 9 heteroatoms. The predicted molar refractivity (Wildman–Crippen MR) is 173 cm³/mol. The molecule has 6 fully saturated rings. The van der Waals surface area contributed by atoms with Crippen molar-refractivity contribution in [2.75, 3.05) is 6.61 Å². The zero-order valence-electron chi connectivity index (χ0n) is 29.0. The van der Waals surface area contributed by atoms with E-state index >= 15 is 0 Å². The number of carbonyl (C=O) groups is 2. The van der Waals surface area contributed by atoms with Crippen LogP contribution < -0.4 is 0 Å². The maximum atomic E-state index is 13.2. The summed E-state index contributed by atoms with van der Waals surface area (Å²) in [5.41, 5.74) is -2.45. The summed E-state index contributed by atoms with van der Waals surface area (Å²) in [4.78, 5) is 25.1. The van der Waals surface area contributed by atoms with Crippen LogP contribution in [0.15, 0.2) is 11.6 Å². The Morgan fingerprint density at radius 1 is 1.00 bits per heavy atom. The molecule has 7 aliphatic rings. The van der Waals surface area contributed by atoms with Gasteiger partial charge in [0.05, 0.1) is 34.9 Å². The lowest BCUT2D eigenvalue weighted by Crippen LogP contribution is -2.69. The molecule has 7 rings (SSSR count). The van der Waals surface area contributed by atoms with Gasteiger partial charge in [-0.2, -0.15) is 0 Å². The molecule has 0 aromatic carbocycles. The number of hydrogen-bond donors (Lipinski definition) is 2. The highest BCUT2D eigenvalue weighted by atomic mass is 16.8. The lowest BCUT2D eigenvalue weighted by Gasteiger charge is -2.65. The minimum Gasteiger partial charge on any atom is -0.458 e. The fraction of sp³-hybridized carbons (Fsp3) is 0.895. The molecule has 0 aromatic rings. The summed E-state index contributed by atoms with van der Waals surface area (Å²) in [7, 11) is 0. The van der Waals surface area contributed by atoms with E-state index in [1.807, 2.05) is 6.92 Å². The fourth-order valence-corrected chi connectivity index (χ4v) is 11.9. The molecule has 13 unspecified atom stereocenters. The third-order valence-corrected chi connectivity index (χ3v) is 14.5. The van der Waals surface area contributed by atoms with Crippen molar-refractivity contribution in [3.05, 3.63) is 11.6 Å². The number of cyclic esters (lactones) is 1. The van der Waals surface area contributed by atoms with E-state index < -0.39 is 34.1 Å². The SMILES string of the molecule is CCCCCCC1(CC)OC2CC(OC3CCC4(C=O)C5CCC6(C)C(C7=CC(=O)OC7)CCC6(O)C5CCC4(O)C3)OC(C)C2O1. The van der Waals surface area contributed by atoms with Gasteiger partial charge in [0.15, 0.2) is 12.1 Å². The van der Waals surface area contributed by atoms with Crippen molar-refractivity contribution in [3.8, 4) is 0 Å². The number of esters is 1. The van der Waals surface area contributed by atoms with E-state index in [-0.39, 0.29) is 48.1 Å². The number of aliphatic hydroxyl groups is 2. The van der Waals surface area contributed by atoms with Gasteiger partial charge >= 0.3 is 5.97 Å². The maximum absolute atomic E-state index is 13.2. The van der Waals surface area contributed by atoms with E-state index in [9.17, 15) is 19.8 Å². The van der Waals surface area contributed by atoms with E-state index in [4.69, 9.17) is 23.7 Å². The Kier molecular flexibility index (Phi) is 9.03.